The fourth-order valence-corrected chi connectivity index (χ4v) is 2.93. The molecule has 1 unspecified atom stereocenters. The number of carbonyl (C=O) groups is 2. The Balaban J connectivity index is 1.81. The van der Waals surface area contributed by atoms with Gasteiger partial charge in [-0.25, -0.2) is 0 Å². The molecule has 0 spiro atoms. The van der Waals surface area contributed by atoms with Crippen molar-refractivity contribution in [3.05, 3.63) is 45.6 Å². The topological polar surface area (TPSA) is 73.8 Å². The van der Waals surface area contributed by atoms with Gasteiger partial charge in [-0.15, -0.1) is 0 Å². The number of fused-ring (bicyclic) bond motifs is 1. The number of hydrogen-bond acceptors (Lipinski definition) is 4. The number of amides is 2. The van der Waals surface area contributed by atoms with Crippen LogP contribution in [-0.2, 0) is 16.1 Å². The highest BCUT2D eigenvalue weighted by Crippen LogP contribution is 2.32. The molecule has 2 N–H and O–H groups in total. The van der Waals surface area contributed by atoms with Crippen LogP contribution in [0.4, 0.5) is 0 Å². The zero-order valence-corrected chi connectivity index (χ0v) is 13.8. The number of rotatable bonds is 3. The normalized spacial score (nSPS) is 22.9. The van der Waals surface area contributed by atoms with E-state index in [-0.39, 0.29) is 23.9 Å². The predicted octanol–water partition coefficient (Wildman–Crippen LogP) is 1.94. The van der Waals surface area contributed by atoms with Crippen LogP contribution in [0.15, 0.2) is 40.1 Å². The van der Waals surface area contributed by atoms with Gasteiger partial charge < -0.3 is 10.6 Å². The number of benzene rings is 1. The number of allylic oxidation sites excluding steroid dienone is 1. The molecule has 0 saturated heterocycles. The molecule has 0 aliphatic carbocycles. The highest BCUT2D eigenvalue weighted by molar-refractivity contribution is 6.43. The first kappa shape index (κ1) is 15.8. The standard InChI is InChI=1S/C15H14Cl2N4O2/c1-9-12(17)13(22)21-15(20-9,6-7-19-21)14(23)18-8-10-4-2-3-5-11(10)16/h2-5,7,20H,6,8H2,1H3,(H,18,23). The van der Waals surface area contributed by atoms with Crippen LogP contribution in [0.1, 0.15) is 18.9 Å². The van der Waals surface area contributed by atoms with Gasteiger partial charge in [0, 0.05) is 29.9 Å². The predicted molar refractivity (Wildman–Crippen MR) is 87.7 cm³/mol. The number of hydrogen-bond donors (Lipinski definition) is 2. The van der Waals surface area contributed by atoms with Crippen molar-refractivity contribution in [1.82, 2.24) is 15.6 Å². The van der Waals surface area contributed by atoms with Gasteiger partial charge in [-0.3, -0.25) is 9.59 Å². The second-order valence-corrected chi connectivity index (χ2v) is 6.10. The zero-order valence-electron chi connectivity index (χ0n) is 12.3. The molecule has 0 radical (unpaired) electrons. The van der Waals surface area contributed by atoms with E-state index in [1.165, 1.54) is 6.21 Å². The smallest absolute Gasteiger partial charge is 0.289 e. The first-order chi connectivity index (χ1) is 11.0. The van der Waals surface area contributed by atoms with E-state index in [1.54, 1.807) is 13.0 Å². The Morgan fingerprint density at radius 1 is 1.43 bits per heavy atom. The van der Waals surface area contributed by atoms with E-state index < -0.39 is 11.6 Å². The van der Waals surface area contributed by atoms with Crippen molar-refractivity contribution in [3.8, 4) is 0 Å². The maximum Gasteiger partial charge on any atom is 0.289 e. The van der Waals surface area contributed by atoms with Gasteiger partial charge in [0.15, 0.2) is 0 Å². The molecule has 1 aromatic carbocycles. The SMILES string of the molecule is CC1=C(Cl)C(=O)N2N=CCC2(C(=O)NCc2ccccc2Cl)N1. The molecule has 2 amide bonds. The Kier molecular flexibility index (Phi) is 4.04. The molecule has 2 aliphatic rings. The maximum atomic E-state index is 12.7. The largest absolute Gasteiger partial charge is 0.355 e. The minimum Gasteiger partial charge on any atom is -0.355 e. The van der Waals surface area contributed by atoms with Crippen molar-refractivity contribution >= 4 is 41.2 Å². The van der Waals surface area contributed by atoms with Crippen molar-refractivity contribution in [2.75, 3.05) is 0 Å². The van der Waals surface area contributed by atoms with Gasteiger partial charge in [0.2, 0.25) is 5.66 Å². The van der Waals surface area contributed by atoms with Crippen LogP contribution in [0.2, 0.25) is 5.02 Å². The Hall–Kier alpha value is -2.05. The molecule has 1 atom stereocenters. The van der Waals surface area contributed by atoms with Crippen LogP contribution in [0, 0.1) is 0 Å². The minimum atomic E-state index is -1.28. The molecule has 0 bridgehead atoms. The highest BCUT2D eigenvalue weighted by Gasteiger charge is 2.53. The number of hydrazone groups is 1. The summed E-state index contributed by atoms with van der Waals surface area (Å²) >= 11 is 12.0. The molecular formula is C15H14Cl2N4O2. The molecular weight excluding hydrogens is 339 g/mol. The molecule has 3 rings (SSSR count). The van der Waals surface area contributed by atoms with Crippen LogP contribution in [0.5, 0.6) is 0 Å². The summed E-state index contributed by atoms with van der Waals surface area (Å²) in [5.41, 5.74) is -0.0380. The van der Waals surface area contributed by atoms with Crippen molar-refractivity contribution in [2.24, 2.45) is 5.10 Å². The summed E-state index contributed by atoms with van der Waals surface area (Å²) in [6.07, 6.45) is 1.78. The Labute approximate surface area is 143 Å². The van der Waals surface area contributed by atoms with Gasteiger partial charge in [-0.2, -0.15) is 10.1 Å². The third kappa shape index (κ3) is 2.58. The van der Waals surface area contributed by atoms with Crippen LogP contribution < -0.4 is 10.6 Å². The lowest BCUT2D eigenvalue weighted by Gasteiger charge is -2.39. The summed E-state index contributed by atoms with van der Waals surface area (Å²) in [7, 11) is 0. The van der Waals surface area contributed by atoms with Gasteiger partial charge in [0.1, 0.15) is 5.03 Å². The van der Waals surface area contributed by atoms with E-state index in [0.717, 1.165) is 10.6 Å². The fourth-order valence-electron chi connectivity index (χ4n) is 2.60. The number of halogens is 2. The second-order valence-electron chi connectivity index (χ2n) is 5.32. The Morgan fingerprint density at radius 2 is 2.17 bits per heavy atom. The molecule has 0 aromatic heterocycles. The minimum absolute atomic E-state index is 0.0265. The first-order valence-corrected chi connectivity index (χ1v) is 7.74. The molecule has 1 aromatic rings. The van der Waals surface area contributed by atoms with Gasteiger partial charge >= 0.3 is 0 Å². The lowest BCUT2D eigenvalue weighted by molar-refractivity contribution is -0.146. The average Bonchev–Trinajstić information content (AvgIpc) is 2.97. The molecule has 0 fully saturated rings. The number of carbonyl (C=O) groups excluding carboxylic acids is 2. The molecule has 120 valence electrons. The number of nitrogens with one attached hydrogen (secondary N) is 2. The summed E-state index contributed by atoms with van der Waals surface area (Å²) in [5, 5.41) is 11.5. The Morgan fingerprint density at radius 3 is 2.91 bits per heavy atom. The maximum absolute atomic E-state index is 12.7. The van der Waals surface area contributed by atoms with Gasteiger partial charge in [-0.05, 0) is 18.6 Å². The fraction of sp³-hybridized carbons (Fsp3) is 0.267. The highest BCUT2D eigenvalue weighted by atomic mass is 35.5. The van der Waals surface area contributed by atoms with Crippen molar-refractivity contribution in [3.63, 3.8) is 0 Å². The molecule has 8 heteroatoms. The monoisotopic (exact) mass is 352 g/mol. The van der Waals surface area contributed by atoms with E-state index in [2.05, 4.69) is 15.7 Å². The van der Waals surface area contributed by atoms with Crippen LogP contribution in [0.25, 0.3) is 0 Å². The van der Waals surface area contributed by atoms with E-state index >= 15 is 0 Å². The van der Waals surface area contributed by atoms with Crippen LogP contribution >= 0.6 is 23.2 Å². The van der Waals surface area contributed by atoms with Gasteiger partial charge in [0.05, 0.1) is 0 Å². The molecule has 2 heterocycles. The van der Waals surface area contributed by atoms with Crippen molar-refractivity contribution < 1.29 is 9.59 Å². The first-order valence-electron chi connectivity index (χ1n) is 6.99. The Bertz CT molecular complexity index is 747. The summed E-state index contributed by atoms with van der Waals surface area (Å²) in [6.45, 7) is 1.90. The van der Waals surface area contributed by atoms with Gasteiger partial charge in [-0.1, -0.05) is 41.4 Å². The van der Waals surface area contributed by atoms with Crippen LogP contribution in [0.3, 0.4) is 0 Å². The lowest BCUT2D eigenvalue weighted by atomic mass is 10.0. The molecule has 2 aliphatic heterocycles. The summed E-state index contributed by atoms with van der Waals surface area (Å²) in [4.78, 5) is 25.0. The van der Waals surface area contributed by atoms with Gasteiger partial charge in [0.25, 0.3) is 11.8 Å². The summed E-state index contributed by atoms with van der Waals surface area (Å²) < 4.78 is 0. The quantitative estimate of drug-likeness (QED) is 0.872. The average molecular weight is 353 g/mol. The summed E-state index contributed by atoms with van der Waals surface area (Å²) in [6, 6.07) is 7.23. The van der Waals surface area contributed by atoms with Crippen LogP contribution in [-0.4, -0.2) is 28.7 Å². The zero-order chi connectivity index (χ0) is 16.6. The van der Waals surface area contributed by atoms with Crippen molar-refractivity contribution in [1.29, 1.82) is 0 Å². The van der Waals surface area contributed by atoms with E-state index in [1.807, 2.05) is 18.2 Å². The summed E-state index contributed by atoms with van der Waals surface area (Å²) in [5.74, 6) is -0.864. The lowest BCUT2D eigenvalue weighted by Crippen LogP contribution is -2.67. The third-order valence-corrected chi connectivity index (χ3v) is 4.64. The van der Waals surface area contributed by atoms with Crippen molar-refractivity contribution in [2.45, 2.75) is 25.6 Å². The molecule has 6 nitrogen and oxygen atoms in total. The molecule has 23 heavy (non-hydrogen) atoms. The van der Waals surface area contributed by atoms with E-state index in [4.69, 9.17) is 23.2 Å². The number of nitrogens with zero attached hydrogens (tertiary/aromatic N) is 2. The third-order valence-electron chi connectivity index (χ3n) is 3.82. The van der Waals surface area contributed by atoms with E-state index in [9.17, 15) is 9.59 Å². The molecule has 0 saturated carbocycles. The second kappa shape index (κ2) is 5.86. The van der Waals surface area contributed by atoms with E-state index in [0.29, 0.717) is 10.7 Å².